The fourth-order valence-corrected chi connectivity index (χ4v) is 2.48. The van der Waals surface area contributed by atoms with Gasteiger partial charge in [-0.1, -0.05) is 13.8 Å². The van der Waals surface area contributed by atoms with Gasteiger partial charge >= 0.3 is 5.97 Å². The first kappa shape index (κ1) is 12.8. The van der Waals surface area contributed by atoms with Gasteiger partial charge in [-0.15, -0.1) is 0 Å². The van der Waals surface area contributed by atoms with Gasteiger partial charge in [-0.2, -0.15) is 0 Å². The summed E-state index contributed by atoms with van der Waals surface area (Å²) in [6.45, 7) is 6.26. The van der Waals surface area contributed by atoms with Crippen molar-refractivity contribution in [2.45, 2.75) is 46.1 Å². The number of hydrogen-bond donors (Lipinski definition) is 2. The van der Waals surface area contributed by atoms with E-state index >= 15 is 0 Å². The molecule has 1 fully saturated rings. The Hall–Kier alpha value is -1.65. The summed E-state index contributed by atoms with van der Waals surface area (Å²) in [5, 5.41) is 12.2. The van der Waals surface area contributed by atoms with Gasteiger partial charge in [-0.25, -0.2) is 14.8 Å². The Bertz CT molecular complexity index is 471. The van der Waals surface area contributed by atoms with Crippen molar-refractivity contribution in [2.75, 3.05) is 5.32 Å². The first-order valence-electron chi connectivity index (χ1n) is 6.21. The van der Waals surface area contributed by atoms with Crippen LogP contribution < -0.4 is 5.32 Å². The molecule has 1 saturated carbocycles. The standard InChI is InChI=1S/C13H19N3O2/c1-8-6-10(11(17)18)16-12(14-8)15-9-4-5-13(2,3)7-9/h6,9H,4-5,7H2,1-3H3,(H,17,18)(H,14,15,16). The number of aryl methyl sites for hydroxylation is 1. The van der Waals surface area contributed by atoms with E-state index in [0.29, 0.717) is 23.1 Å². The monoisotopic (exact) mass is 249 g/mol. The van der Waals surface area contributed by atoms with Crippen LogP contribution in [0.5, 0.6) is 0 Å². The molecule has 1 unspecified atom stereocenters. The minimum absolute atomic E-state index is 0.0438. The molecule has 0 spiro atoms. The van der Waals surface area contributed by atoms with Crippen LogP contribution in [0.4, 0.5) is 5.95 Å². The van der Waals surface area contributed by atoms with Gasteiger partial charge < -0.3 is 10.4 Å². The lowest BCUT2D eigenvalue weighted by atomic mass is 9.92. The molecule has 2 N–H and O–H groups in total. The molecule has 1 aromatic rings. The SMILES string of the molecule is Cc1cc(C(=O)O)nc(NC2CCC(C)(C)C2)n1. The summed E-state index contributed by atoms with van der Waals surface area (Å²) < 4.78 is 0. The Morgan fingerprint density at radius 1 is 1.50 bits per heavy atom. The van der Waals surface area contributed by atoms with E-state index in [1.165, 1.54) is 12.5 Å². The highest BCUT2D eigenvalue weighted by Crippen LogP contribution is 2.37. The van der Waals surface area contributed by atoms with Crippen LogP contribution in [0, 0.1) is 12.3 Å². The molecule has 1 aliphatic carbocycles. The predicted molar refractivity (Wildman–Crippen MR) is 68.8 cm³/mol. The second kappa shape index (κ2) is 4.55. The van der Waals surface area contributed by atoms with Crippen LogP contribution in [0.15, 0.2) is 6.07 Å². The zero-order valence-corrected chi connectivity index (χ0v) is 11.0. The van der Waals surface area contributed by atoms with Gasteiger partial charge in [-0.3, -0.25) is 0 Å². The third-order valence-electron chi connectivity index (χ3n) is 3.38. The lowest BCUT2D eigenvalue weighted by Gasteiger charge is -2.18. The molecule has 5 nitrogen and oxygen atoms in total. The summed E-state index contributed by atoms with van der Waals surface area (Å²) in [5.74, 6) is -0.592. The molecule has 18 heavy (non-hydrogen) atoms. The maximum atomic E-state index is 10.9. The summed E-state index contributed by atoms with van der Waals surface area (Å²) in [4.78, 5) is 19.2. The maximum Gasteiger partial charge on any atom is 0.354 e. The topological polar surface area (TPSA) is 75.1 Å². The second-order valence-electron chi connectivity index (χ2n) is 5.77. The molecule has 0 aliphatic heterocycles. The highest BCUT2D eigenvalue weighted by molar-refractivity contribution is 5.85. The Morgan fingerprint density at radius 3 is 2.78 bits per heavy atom. The minimum atomic E-state index is -1.02. The zero-order chi connectivity index (χ0) is 13.3. The normalized spacial score (nSPS) is 21.8. The molecular weight excluding hydrogens is 230 g/mol. The number of rotatable bonds is 3. The molecule has 0 aromatic carbocycles. The third kappa shape index (κ3) is 2.97. The van der Waals surface area contributed by atoms with E-state index in [4.69, 9.17) is 5.11 Å². The Labute approximate surface area is 107 Å². The van der Waals surface area contributed by atoms with Gasteiger partial charge in [0.2, 0.25) is 5.95 Å². The number of aromatic nitrogens is 2. The van der Waals surface area contributed by atoms with E-state index in [2.05, 4.69) is 29.1 Å². The Balaban J connectivity index is 2.12. The van der Waals surface area contributed by atoms with Crippen LogP contribution in [0.3, 0.4) is 0 Å². The first-order valence-corrected chi connectivity index (χ1v) is 6.21. The second-order valence-corrected chi connectivity index (χ2v) is 5.77. The van der Waals surface area contributed by atoms with Gasteiger partial charge in [0.05, 0.1) is 0 Å². The van der Waals surface area contributed by atoms with Crippen LogP contribution >= 0.6 is 0 Å². The van der Waals surface area contributed by atoms with Crippen LogP contribution in [0.1, 0.15) is 49.3 Å². The van der Waals surface area contributed by atoms with Crippen molar-refractivity contribution in [3.8, 4) is 0 Å². The molecule has 1 aromatic heterocycles. The largest absolute Gasteiger partial charge is 0.477 e. The van der Waals surface area contributed by atoms with Crippen LogP contribution in [0.2, 0.25) is 0 Å². The first-order chi connectivity index (χ1) is 8.35. The predicted octanol–water partition coefficient (Wildman–Crippen LogP) is 2.47. The minimum Gasteiger partial charge on any atom is -0.477 e. The summed E-state index contributed by atoms with van der Waals surface area (Å²) in [7, 11) is 0. The van der Waals surface area contributed by atoms with Crippen LogP contribution in [0.25, 0.3) is 0 Å². The number of anilines is 1. The number of nitrogens with zero attached hydrogens (tertiary/aromatic N) is 2. The Morgan fingerprint density at radius 2 is 2.22 bits per heavy atom. The molecule has 0 radical (unpaired) electrons. The van der Waals surface area contributed by atoms with Crippen molar-refractivity contribution in [3.63, 3.8) is 0 Å². The van der Waals surface area contributed by atoms with Crippen molar-refractivity contribution < 1.29 is 9.90 Å². The van der Waals surface area contributed by atoms with Crippen molar-refractivity contribution in [1.29, 1.82) is 0 Å². The van der Waals surface area contributed by atoms with E-state index < -0.39 is 5.97 Å². The average molecular weight is 249 g/mol. The van der Waals surface area contributed by atoms with Gasteiger partial charge in [0, 0.05) is 11.7 Å². The average Bonchev–Trinajstić information content (AvgIpc) is 2.57. The fraction of sp³-hybridized carbons (Fsp3) is 0.615. The van der Waals surface area contributed by atoms with E-state index in [9.17, 15) is 4.79 Å². The lowest BCUT2D eigenvalue weighted by molar-refractivity contribution is 0.0690. The molecule has 0 amide bonds. The van der Waals surface area contributed by atoms with Gasteiger partial charge in [-0.05, 0) is 37.7 Å². The van der Waals surface area contributed by atoms with Gasteiger partial charge in [0.15, 0.2) is 5.69 Å². The van der Waals surface area contributed by atoms with E-state index in [0.717, 1.165) is 12.8 Å². The number of carbonyl (C=O) groups is 1. The van der Waals surface area contributed by atoms with Gasteiger partial charge in [0.1, 0.15) is 0 Å². The summed E-state index contributed by atoms with van der Waals surface area (Å²) in [5.41, 5.74) is 1.06. The fourth-order valence-electron chi connectivity index (χ4n) is 2.48. The number of hydrogen-bond acceptors (Lipinski definition) is 4. The van der Waals surface area contributed by atoms with Crippen molar-refractivity contribution >= 4 is 11.9 Å². The summed E-state index contributed by atoms with van der Waals surface area (Å²) in [6.07, 6.45) is 3.31. The third-order valence-corrected chi connectivity index (χ3v) is 3.38. The van der Waals surface area contributed by atoms with Gasteiger partial charge in [0.25, 0.3) is 0 Å². The molecule has 5 heteroatoms. The summed E-state index contributed by atoms with van der Waals surface area (Å²) in [6, 6.07) is 1.81. The molecule has 1 atom stereocenters. The summed E-state index contributed by atoms with van der Waals surface area (Å²) >= 11 is 0. The number of aromatic carboxylic acids is 1. The highest BCUT2D eigenvalue weighted by Gasteiger charge is 2.31. The molecular formula is C13H19N3O2. The van der Waals surface area contributed by atoms with Crippen molar-refractivity contribution in [1.82, 2.24) is 9.97 Å². The highest BCUT2D eigenvalue weighted by atomic mass is 16.4. The molecule has 0 bridgehead atoms. The van der Waals surface area contributed by atoms with Crippen molar-refractivity contribution in [2.24, 2.45) is 5.41 Å². The molecule has 1 aliphatic rings. The molecule has 0 saturated heterocycles. The van der Waals surface area contributed by atoms with Crippen molar-refractivity contribution in [3.05, 3.63) is 17.5 Å². The molecule has 98 valence electrons. The zero-order valence-electron chi connectivity index (χ0n) is 11.0. The van der Waals surface area contributed by atoms with Crippen LogP contribution in [-0.2, 0) is 0 Å². The number of carboxylic acids is 1. The van der Waals surface area contributed by atoms with E-state index in [1.807, 2.05) is 0 Å². The molecule has 2 rings (SSSR count). The lowest BCUT2D eigenvalue weighted by Crippen LogP contribution is -2.20. The smallest absolute Gasteiger partial charge is 0.354 e. The van der Waals surface area contributed by atoms with Crippen LogP contribution in [-0.4, -0.2) is 27.1 Å². The van der Waals surface area contributed by atoms with E-state index in [1.54, 1.807) is 6.92 Å². The van der Waals surface area contributed by atoms with E-state index in [-0.39, 0.29) is 5.69 Å². The Kier molecular flexibility index (Phi) is 3.24. The maximum absolute atomic E-state index is 10.9. The number of carboxylic acid groups (broad SMARTS) is 1. The molecule has 1 heterocycles. The quantitative estimate of drug-likeness (QED) is 0.860. The number of nitrogens with one attached hydrogen (secondary N) is 1.